The van der Waals surface area contributed by atoms with Crippen LogP contribution in [0.2, 0.25) is 0 Å². The Morgan fingerprint density at radius 1 is 0.815 bits per heavy atom. The van der Waals surface area contributed by atoms with Crippen LogP contribution in [0.25, 0.3) is 10.8 Å². The Kier molecular flexibility index (Phi) is 4.73. The van der Waals surface area contributed by atoms with Crippen molar-refractivity contribution in [2.24, 2.45) is 0 Å². The first-order chi connectivity index (χ1) is 13.1. The summed E-state index contributed by atoms with van der Waals surface area (Å²) in [5.41, 5.74) is 6.06. The van der Waals surface area contributed by atoms with Gasteiger partial charge in [0.2, 0.25) is 0 Å². The van der Waals surface area contributed by atoms with Gasteiger partial charge in [0, 0.05) is 0 Å². The molecule has 1 aromatic heterocycles. The van der Waals surface area contributed by atoms with Crippen molar-refractivity contribution in [2.45, 2.75) is 20.8 Å². The summed E-state index contributed by atoms with van der Waals surface area (Å²) in [6, 6.07) is 23.6. The van der Waals surface area contributed by atoms with E-state index >= 15 is 0 Å². The predicted molar refractivity (Wildman–Crippen MR) is 115 cm³/mol. The molecule has 27 heavy (non-hydrogen) atoms. The summed E-state index contributed by atoms with van der Waals surface area (Å²) < 4.78 is 2.06. The molecule has 3 heteroatoms. The van der Waals surface area contributed by atoms with Gasteiger partial charge >= 0.3 is 166 Å². The van der Waals surface area contributed by atoms with Gasteiger partial charge in [-0.1, -0.05) is 0 Å². The average molecular weight is 418 g/mol. The molecule has 0 saturated carbocycles. The zero-order chi connectivity index (χ0) is 19.0. The summed E-state index contributed by atoms with van der Waals surface area (Å²) in [4.78, 5) is 13.6. The monoisotopic (exact) mass is 419 g/mol. The molecule has 0 aliphatic carbocycles. The SMILES string of the molecule is Cc1cc(C)cc(N(c2ccc(C=O)[se]2)c2ccc(C)c3ccccc23)c1. The first-order valence-corrected chi connectivity index (χ1v) is 10.7. The molecule has 0 radical (unpaired) electrons. The molecule has 0 aliphatic heterocycles. The van der Waals surface area contributed by atoms with Gasteiger partial charge in [-0.2, -0.15) is 0 Å². The molecule has 0 spiro atoms. The van der Waals surface area contributed by atoms with Crippen LogP contribution in [0.1, 0.15) is 25.9 Å². The third-order valence-corrected chi connectivity index (χ3v) is 6.86. The Labute approximate surface area is 165 Å². The topological polar surface area (TPSA) is 20.3 Å². The van der Waals surface area contributed by atoms with Gasteiger partial charge < -0.3 is 0 Å². The fourth-order valence-corrected chi connectivity index (χ4v) is 5.42. The molecular weight excluding hydrogens is 397 g/mol. The average Bonchev–Trinajstić information content (AvgIpc) is 3.12. The van der Waals surface area contributed by atoms with Crippen molar-refractivity contribution in [1.29, 1.82) is 0 Å². The van der Waals surface area contributed by atoms with Crippen LogP contribution < -0.4 is 4.90 Å². The number of anilines is 3. The van der Waals surface area contributed by atoms with Crippen LogP contribution in [0, 0.1) is 20.8 Å². The molecule has 1 heterocycles. The van der Waals surface area contributed by atoms with Crippen LogP contribution in [-0.2, 0) is 0 Å². The van der Waals surface area contributed by atoms with Crippen molar-refractivity contribution in [2.75, 3.05) is 4.90 Å². The number of rotatable bonds is 4. The van der Waals surface area contributed by atoms with Crippen LogP contribution in [0.15, 0.2) is 66.7 Å². The maximum absolute atomic E-state index is 11.3. The maximum atomic E-state index is 11.3. The van der Waals surface area contributed by atoms with Gasteiger partial charge in [-0.05, 0) is 0 Å². The molecule has 0 N–H and O–H groups in total. The van der Waals surface area contributed by atoms with E-state index in [1.807, 2.05) is 6.07 Å². The first kappa shape index (κ1) is 17.8. The van der Waals surface area contributed by atoms with E-state index in [1.54, 1.807) is 0 Å². The number of fused-ring (bicyclic) bond motifs is 1. The van der Waals surface area contributed by atoms with E-state index in [1.165, 1.54) is 32.0 Å². The van der Waals surface area contributed by atoms with Crippen LogP contribution in [0.5, 0.6) is 0 Å². The van der Waals surface area contributed by atoms with Crippen molar-refractivity contribution in [1.82, 2.24) is 0 Å². The van der Waals surface area contributed by atoms with Gasteiger partial charge in [0.15, 0.2) is 0 Å². The van der Waals surface area contributed by atoms with Crippen molar-refractivity contribution in [3.05, 3.63) is 87.9 Å². The second-order valence-electron chi connectivity index (χ2n) is 6.92. The van der Waals surface area contributed by atoms with Crippen molar-refractivity contribution in [3.63, 3.8) is 0 Å². The number of hydrogen-bond acceptors (Lipinski definition) is 2. The van der Waals surface area contributed by atoms with Gasteiger partial charge in [0.1, 0.15) is 0 Å². The first-order valence-electron chi connectivity index (χ1n) is 8.98. The molecule has 0 bridgehead atoms. The normalized spacial score (nSPS) is 10.9. The quantitative estimate of drug-likeness (QED) is 0.295. The van der Waals surface area contributed by atoms with E-state index in [0.29, 0.717) is 0 Å². The zero-order valence-corrected chi connectivity index (χ0v) is 17.4. The van der Waals surface area contributed by atoms with E-state index in [2.05, 4.69) is 86.3 Å². The molecule has 4 aromatic rings. The summed E-state index contributed by atoms with van der Waals surface area (Å²) in [5.74, 6) is 0. The Morgan fingerprint density at radius 3 is 2.19 bits per heavy atom. The number of aldehydes is 1. The van der Waals surface area contributed by atoms with Crippen molar-refractivity contribution in [3.8, 4) is 0 Å². The molecule has 0 saturated heterocycles. The second-order valence-corrected chi connectivity index (χ2v) is 9.22. The number of benzene rings is 3. The zero-order valence-electron chi connectivity index (χ0n) is 15.7. The van der Waals surface area contributed by atoms with E-state index in [4.69, 9.17) is 0 Å². The fourth-order valence-electron chi connectivity index (χ4n) is 3.62. The Hall–Kier alpha value is -2.61. The van der Waals surface area contributed by atoms with E-state index in [0.717, 1.165) is 22.1 Å². The number of hydrogen-bond donors (Lipinski definition) is 0. The second kappa shape index (κ2) is 7.19. The molecular formula is C24H21NOSe. The third kappa shape index (κ3) is 3.37. The van der Waals surface area contributed by atoms with Gasteiger partial charge in [-0.3, -0.25) is 0 Å². The molecule has 2 nitrogen and oxygen atoms in total. The molecule has 0 atom stereocenters. The van der Waals surface area contributed by atoms with Gasteiger partial charge in [0.25, 0.3) is 0 Å². The molecule has 3 aromatic carbocycles. The minimum absolute atomic E-state index is 0.00535. The van der Waals surface area contributed by atoms with Gasteiger partial charge in [-0.15, -0.1) is 0 Å². The third-order valence-electron chi connectivity index (χ3n) is 4.77. The van der Waals surface area contributed by atoms with Crippen LogP contribution in [0.3, 0.4) is 0 Å². The Morgan fingerprint density at radius 2 is 1.52 bits per heavy atom. The molecule has 0 fully saturated rings. The van der Waals surface area contributed by atoms with E-state index < -0.39 is 0 Å². The summed E-state index contributed by atoms with van der Waals surface area (Å²) >= 11 is 0.00535. The summed E-state index contributed by atoms with van der Waals surface area (Å²) in [5, 5.41) is 2.49. The Bertz CT molecular complexity index is 1120. The number of carbonyl (C=O) groups is 1. The molecule has 0 amide bonds. The van der Waals surface area contributed by atoms with Gasteiger partial charge in [-0.25, -0.2) is 0 Å². The van der Waals surface area contributed by atoms with Crippen molar-refractivity contribution < 1.29 is 4.79 Å². The number of nitrogens with zero attached hydrogens (tertiary/aromatic N) is 1. The van der Waals surface area contributed by atoms with E-state index in [9.17, 15) is 4.79 Å². The van der Waals surface area contributed by atoms with Crippen molar-refractivity contribution >= 4 is 47.5 Å². The Balaban J connectivity index is 2.01. The molecule has 4 rings (SSSR count). The van der Waals surface area contributed by atoms with Crippen LogP contribution in [-0.4, -0.2) is 20.8 Å². The molecule has 0 unspecified atom stereocenters. The fraction of sp³-hybridized carbons (Fsp3) is 0.125. The van der Waals surface area contributed by atoms with Crippen LogP contribution in [0.4, 0.5) is 15.9 Å². The van der Waals surface area contributed by atoms with Gasteiger partial charge in [0.05, 0.1) is 0 Å². The van der Waals surface area contributed by atoms with E-state index in [-0.39, 0.29) is 14.5 Å². The standard InChI is InChI=1S/C24H21NOSe/c1-16-12-17(2)14-19(13-16)25(24-11-9-20(15-26)27-24)23-10-8-18(3)21-6-4-5-7-22(21)23/h4-15H,1-3H3. The summed E-state index contributed by atoms with van der Waals surface area (Å²) in [7, 11) is 0. The molecule has 0 aliphatic rings. The van der Waals surface area contributed by atoms with Crippen LogP contribution >= 0.6 is 0 Å². The molecule has 134 valence electrons. The summed E-state index contributed by atoms with van der Waals surface area (Å²) in [6.07, 6.45) is 0.983. The number of carbonyl (C=O) groups excluding carboxylic acids is 1. The predicted octanol–water partition coefficient (Wildman–Crippen LogP) is 6.10. The minimum atomic E-state index is 0.00535. The number of aryl methyl sites for hydroxylation is 3. The summed E-state index contributed by atoms with van der Waals surface area (Å²) in [6.45, 7) is 6.41.